The number of anilines is 1. The van der Waals surface area contributed by atoms with Crippen LogP contribution in [0.25, 0.3) is 5.76 Å². The quantitative estimate of drug-likeness (QED) is 0.433. The number of aryl methyl sites for hydroxylation is 1. The van der Waals surface area contributed by atoms with Gasteiger partial charge in [-0.2, -0.15) is 0 Å². The molecule has 1 atom stereocenters. The van der Waals surface area contributed by atoms with Gasteiger partial charge in [-0.1, -0.05) is 60.2 Å². The monoisotopic (exact) mass is 371 g/mol. The van der Waals surface area contributed by atoms with Crippen LogP contribution >= 0.6 is 0 Å². The maximum absolute atomic E-state index is 12.9. The van der Waals surface area contributed by atoms with Crippen molar-refractivity contribution in [2.45, 2.75) is 13.0 Å². The van der Waals surface area contributed by atoms with Gasteiger partial charge >= 0.3 is 5.91 Å². The molecule has 2 heterocycles. The summed E-state index contributed by atoms with van der Waals surface area (Å²) in [5.74, 6) is -1.64. The molecule has 3 aromatic rings. The molecule has 0 unspecified atom stereocenters. The van der Waals surface area contributed by atoms with Gasteiger partial charge in [0.15, 0.2) is 0 Å². The van der Waals surface area contributed by atoms with E-state index in [9.17, 15) is 14.7 Å². The van der Waals surface area contributed by atoms with Gasteiger partial charge in [-0.3, -0.25) is 14.5 Å². The summed E-state index contributed by atoms with van der Waals surface area (Å²) in [6.07, 6.45) is 3.01. The van der Waals surface area contributed by atoms with Gasteiger partial charge in [0.25, 0.3) is 5.78 Å². The van der Waals surface area contributed by atoms with Gasteiger partial charge in [0, 0.05) is 18.0 Å². The Morgan fingerprint density at radius 2 is 1.57 bits per heavy atom. The Morgan fingerprint density at radius 3 is 2.21 bits per heavy atom. The van der Waals surface area contributed by atoms with Crippen molar-refractivity contribution in [1.82, 2.24) is 9.97 Å². The number of carbonyl (C=O) groups excluding carboxylic acids is 2. The molecule has 0 saturated carbocycles. The number of aliphatic hydroxyl groups is 1. The Balaban J connectivity index is 1.95. The van der Waals surface area contributed by atoms with E-state index >= 15 is 0 Å². The summed E-state index contributed by atoms with van der Waals surface area (Å²) in [5.41, 5.74) is 2.22. The predicted octanol–water partition coefficient (Wildman–Crippen LogP) is 3.41. The third kappa shape index (κ3) is 2.95. The molecule has 2 aromatic carbocycles. The van der Waals surface area contributed by atoms with Crippen molar-refractivity contribution >= 4 is 23.4 Å². The maximum Gasteiger partial charge on any atom is 0.302 e. The standard InChI is InChI=1S/C22H17N3O3/c1-14-8-10-15(11-9-14)18-17(19(26)16-6-3-2-4-7-16)20(27)21(28)25(18)22-23-12-5-13-24-22/h2-13,18,26H,1H3/t18-/m1/s1. The van der Waals surface area contributed by atoms with E-state index in [1.807, 2.05) is 37.3 Å². The second kappa shape index (κ2) is 7.08. The van der Waals surface area contributed by atoms with E-state index in [1.165, 1.54) is 17.3 Å². The first-order chi connectivity index (χ1) is 13.6. The molecule has 6 heteroatoms. The molecule has 0 bridgehead atoms. The van der Waals surface area contributed by atoms with E-state index in [1.54, 1.807) is 30.3 Å². The van der Waals surface area contributed by atoms with Crippen LogP contribution in [0, 0.1) is 6.92 Å². The van der Waals surface area contributed by atoms with Crippen molar-refractivity contribution in [1.29, 1.82) is 0 Å². The first kappa shape index (κ1) is 17.6. The zero-order valence-corrected chi connectivity index (χ0v) is 15.1. The highest BCUT2D eigenvalue weighted by molar-refractivity contribution is 6.51. The number of benzene rings is 2. The molecular weight excluding hydrogens is 354 g/mol. The van der Waals surface area contributed by atoms with Crippen LogP contribution in [0.3, 0.4) is 0 Å². The fourth-order valence-electron chi connectivity index (χ4n) is 3.27. The summed E-state index contributed by atoms with van der Waals surface area (Å²) in [7, 11) is 0. The van der Waals surface area contributed by atoms with Crippen molar-refractivity contribution in [3.8, 4) is 0 Å². The lowest BCUT2D eigenvalue weighted by molar-refractivity contribution is -0.132. The summed E-state index contributed by atoms with van der Waals surface area (Å²) < 4.78 is 0. The molecule has 0 aliphatic carbocycles. The summed E-state index contributed by atoms with van der Waals surface area (Å²) in [6, 6.07) is 17.0. The second-order valence-corrected chi connectivity index (χ2v) is 6.49. The molecule has 1 aliphatic rings. The number of aliphatic hydroxyl groups excluding tert-OH is 1. The molecule has 4 rings (SSSR count). The van der Waals surface area contributed by atoms with Crippen molar-refractivity contribution in [2.75, 3.05) is 4.90 Å². The van der Waals surface area contributed by atoms with Crippen LogP contribution in [0.4, 0.5) is 5.95 Å². The van der Waals surface area contributed by atoms with Crippen molar-refractivity contribution in [3.05, 3.63) is 95.3 Å². The summed E-state index contributed by atoms with van der Waals surface area (Å²) in [6.45, 7) is 1.95. The second-order valence-electron chi connectivity index (χ2n) is 6.49. The lowest BCUT2D eigenvalue weighted by Crippen LogP contribution is -2.31. The van der Waals surface area contributed by atoms with Crippen molar-refractivity contribution < 1.29 is 14.7 Å². The predicted molar refractivity (Wildman–Crippen MR) is 104 cm³/mol. The molecule has 1 fully saturated rings. The third-order valence-corrected chi connectivity index (χ3v) is 4.65. The molecule has 0 spiro atoms. The van der Waals surface area contributed by atoms with Crippen molar-refractivity contribution in [3.63, 3.8) is 0 Å². The summed E-state index contributed by atoms with van der Waals surface area (Å²) in [5, 5.41) is 10.9. The largest absolute Gasteiger partial charge is 0.507 e. The van der Waals surface area contributed by atoms with Crippen LogP contribution in [0.15, 0.2) is 78.6 Å². The molecule has 0 radical (unpaired) electrons. The number of carbonyl (C=O) groups is 2. The van der Waals surface area contributed by atoms with E-state index in [2.05, 4.69) is 9.97 Å². The Morgan fingerprint density at radius 1 is 0.929 bits per heavy atom. The van der Waals surface area contributed by atoms with Gasteiger partial charge in [-0.05, 0) is 18.6 Å². The van der Waals surface area contributed by atoms with E-state index < -0.39 is 17.7 Å². The molecule has 1 aliphatic heterocycles. The Hall–Kier alpha value is -3.80. The van der Waals surface area contributed by atoms with Crippen LogP contribution in [-0.2, 0) is 9.59 Å². The summed E-state index contributed by atoms with van der Waals surface area (Å²) >= 11 is 0. The van der Waals surface area contributed by atoms with Gasteiger partial charge in [0.05, 0.1) is 11.6 Å². The number of hydrogen-bond acceptors (Lipinski definition) is 5. The van der Waals surface area contributed by atoms with Crippen LogP contribution < -0.4 is 4.90 Å². The molecule has 1 amide bonds. The van der Waals surface area contributed by atoms with Gasteiger partial charge < -0.3 is 5.11 Å². The van der Waals surface area contributed by atoms with Gasteiger partial charge in [-0.15, -0.1) is 0 Å². The van der Waals surface area contributed by atoms with E-state index in [-0.39, 0.29) is 17.3 Å². The lowest BCUT2D eigenvalue weighted by atomic mass is 9.95. The molecule has 28 heavy (non-hydrogen) atoms. The first-order valence-corrected chi connectivity index (χ1v) is 8.78. The molecular formula is C22H17N3O3. The topological polar surface area (TPSA) is 83.4 Å². The van der Waals surface area contributed by atoms with E-state index in [0.29, 0.717) is 11.1 Å². The minimum Gasteiger partial charge on any atom is -0.507 e. The normalized spacial score (nSPS) is 18.5. The average Bonchev–Trinajstić information content (AvgIpc) is 3.00. The zero-order valence-electron chi connectivity index (χ0n) is 15.1. The number of nitrogens with zero attached hydrogens (tertiary/aromatic N) is 3. The van der Waals surface area contributed by atoms with E-state index in [4.69, 9.17) is 0 Å². The molecule has 6 nitrogen and oxygen atoms in total. The molecule has 1 N–H and O–H groups in total. The van der Waals surface area contributed by atoms with Gasteiger partial charge in [-0.25, -0.2) is 9.97 Å². The zero-order chi connectivity index (χ0) is 19.7. The Kier molecular flexibility index (Phi) is 4.45. The van der Waals surface area contributed by atoms with Gasteiger partial charge in [0.2, 0.25) is 5.95 Å². The van der Waals surface area contributed by atoms with Crippen LogP contribution in [-0.4, -0.2) is 26.8 Å². The average molecular weight is 371 g/mol. The molecule has 138 valence electrons. The fraction of sp³-hybridized carbons (Fsp3) is 0.0909. The highest BCUT2D eigenvalue weighted by atomic mass is 16.3. The van der Waals surface area contributed by atoms with Crippen LogP contribution in [0.5, 0.6) is 0 Å². The Bertz CT molecular complexity index is 1060. The SMILES string of the molecule is Cc1ccc([C@@H]2C(=C(O)c3ccccc3)C(=O)C(=O)N2c2ncccn2)cc1. The summed E-state index contributed by atoms with van der Waals surface area (Å²) in [4.78, 5) is 35.3. The number of ketones is 1. The first-order valence-electron chi connectivity index (χ1n) is 8.78. The van der Waals surface area contributed by atoms with Crippen molar-refractivity contribution in [2.24, 2.45) is 0 Å². The number of Topliss-reactive ketones (excluding diaryl/α,β-unsaturated/α-hetero) is 1. The number of amides is 1. The molecule has 1 aromatic heterocycles. The number of aromatic nitrogens is 2. The Labute approximate surface area is 161 Å². The maximum atomic E-state index is 12.9. The highest BCUT2D eigenvalue weighted by Gasteiger charge is 2.48. The fourth-order valence-corrected chi connectivity index (χ4v) is 3.27. The van der Waals surface area contributed by atoms with Gasteiger partial charge in [0.1, 0.15) is 5.76 Å². The van der Waals surface area contributed by atoms with Crippen LogP contribution in [0.1, 0.15) is 22.7 Å². The number of rotatable bonds is 3. The number of hydrogen-bond donors (Lipinski definition) is 1. The minimum atomic E-state index is -0.816. The minimum absolute atomic E-state index is 0.0208. The highest BCUT2D eigenvalue weighted by Crippen LogP contribution is 2.40. The van der Waals surface area contributed by atoms with Crippen LogP contribution in [0.2, 0.25) is 0 Å². The smallest absolute Gasteiger partial charge is 0.302 e. The third-order valence-electron chi connectivity index (χ3n) is 4.65. The lowest BCUT2D eigenvalue weighted by Gasteiger charge is -2.23. The molecule has 1 saturated heterocycles. The van der Waals surface area contributed by atoms with E-state index in [0.717, 1.165) is 5.56 Å².